The summed E-state index contributed by atoms with van der Waals surface area (Å²) in [7, 11) is 0. The highest BCUT2D eigenvalue weighted by atomic mass is 35.5. The number of nitro benzene ring substituents is 1. The fraction of sp³-hybridized carbons (Fsp3) is 0.261. The lowest BCUT2D eigenvalue weighted by Crippen LogP contribution is -2.40. The fourth-order valence-corrected chi connectivity index (χ4v) is 3.44. The van der Waals surface area contributed by atoms with Gasteiger partial charge >= 0.3 is 5.69 Å². The molecule has 0 aliphatic carbocycles. The number of halogens is 2. The Bertz CT molecular complexity index is 1120. The first-order valence-electron chi connectivity index (χ1n) is 10.2. The van der Waals surface area contributed by atoms with Crippen LogP contribution in [-0.4, -0.2) is 28.4 Å². The molecule has 0 fully saturated rings. The normalized spacial score (nSPS) is 11.6. The quantitative estimate of drug-likeness (QED) is 0.237. The maximum absolute atomic E-state index is 13.0. The molecule has 0 aliphatic rings. The molecular weight excluding hydrogens is 471 g/mol. The van der Waals surface area contributed by atoms with Gasteiger partial charge in [0.15, 0.2) is 6.10 Å². The molecule has 10 heteroatoms. The van der Waals surface area contributed by atoms with Crippen molar-refractivity contribution in [2.24, 2.45) is 0 Å². The van der Waals surface area contributed by atoms with Crippen molar-refractivity contribution in [1.82, 2.24) is 4.90 Å². The van der Waals surface area contributed by atoms with E-state index in [2.05, 4.69) is 0 Å². The predicted octanol–water partition coefficient (Wildman–Crippen LogP) is 6.49. The second-order valence-electron chi connectivity index (χ2n) is 7.16. The SMILES string of the molecule is CCCN(Cc1ccco1)C(=O)C(C)Oc1cc(Oc2ccc(Cl)cc2[N+](=O)[O-])ccc1Cl. The lowest BCUT2D eigenvalue weighted by Gasteiger charge is -2.25. The summed E-state index contributed by atoms with van der Waals surface area (Å²) in [5, 5.41) is 11.8. The van der Waals surface area contributed by atoms with Crippen molar-refractivity contribution in [2.45, 2.75) is 32.9 Å². The average molecular weight is 493 g/mol. The van der Waals surface area contributed by atoms with E-state index in [0.717, 1.165) is 6.42 Å². The zero-order chi connectivity index (χ0) is 24.0. The van der Waals surface area contributed by atoms with Crippen LogP contribution >= 0.6 is 23.2 Å². The molecule has 0 aliphatic heterocycles. The Hall–Kier alpha value is -3.23. The number of hydrogen-bond acceptors (Lipinski definition) is 6. The maximum atomic E-state index is 13.0. The van der Waals surface area contributed by atoms with Crippen LogP contribution in [0.5, 0.6) is 17.2 Å². The summed E-state index contributed by atoms with van der Waals surface area (Å²) in [4.78, 5) is 25.4. The maximum Gasteiger partial charge on any atom is 0.313 e. The molecule has 0 saturated heterocycles. The molecule has 0 spiro atoms. The first kappa shape index (κ1) is 24.4. The zero-order valence-corrected chi connectivity index (χ0v) is 19.5. The van der Waals surface area contributed by atoms with Crippen LogP contribution < -0.4 is 9.47 Å². The average Bonchev–Trinajstić information content (AvgIpc) is 3.29. The summed E-state index contributed by atoms with van der Waals surface area (Å²) in [5.41, 5.74) is -0.281. The van der Waals surface area contributed by atoms with Gasteiger partial charge in [0.05, 0.1) is 22.8 Å². The van der Waals surface area contributed by atoms with Gasteiger partial charge in [-0.1, -0.05) is 30.1 Å². The summed E-state index contributed by atoms with van der Waals surface area (Å²) in [6, 6.07) is 12.2. The van der Waals surface area contributed by atoms with Crippen molar-refractivity contribution < 1.29 is 23.6 Å². The molecule has 1 atom stereocenters. The van der Waals surface area contributed by atoms with Gasteiger partial charge < -0.3 is 18.8 Å². The van der Waals surface area contributed by atoms with Gasteiger partial charge in [-0.25, -0.2) is 0 Å². The van der Waals surface area contributed by atoms with E-state index in [1.807, 2.05) is 6.92 Å². The van der Waals surface area contributed by atoms with Crippen LogP contribution in [-0.2, 0) is 11.3 Å². The van der Waals surface area contributed by atoms with Crippen LogP contribution in [0.1, 0.15) is 26.0 Å². The monoisotopic (exact) mass is 492 g/mol. The van der Waals surface area contributed by atoms with Gasteiger partial charge in [-0.05, 0) is 49.7 Å². The van der Waals surface area contributed by atoms with Crippen molar-refractivity contribution in [3.63, 3.8) is 0 Å². The van der Waals surface area contributed by atoms with Crippen LogP contribution in [0, 0.1) is 10.1 Å². The molecule has 2 aromatic carbocycles. The van der Waals surface area contributed by atoms with E-state index in [4.69, 9.17) is 37.1 Å². The Morgan fingerprint density at radius 3 is 2.64 bits per heavy atom. The van der Waals surface area contributed by atoms with E-state index in [1.54, 1.807) is 36.3 Å². The molecule has 1 heterocycles. The Labute approximate surface area is 200 Å². The molecular formula is C23H22Cl2N2O6. The van der Waals surface area contributed by atoms with Gasteiger partial charge in [-0.3, -0.25) is 14.9 Å². The lowest BCUT2D eigenvalue weighted by molar-refractivity contribution is -0.385. The molecule has 1 aromatic heterocycles. The lowest BCUT2D eigenvalue weighted by atomic mass is 10.2. The number of carbonyl (C=O) groups is 1. The van der Waals surface area contributed by atoms with Crippen LogP contribution in [0.25, 0.3) is 0 Å². The third-order valence-corrected chi connectivity index (χ3v) is 5.18. The molecule has 0 radical (unpaired) electrons. The number of benzene rings is 2. The molecule has 3 rings (SSSR count). The van der Waals surface area contributed by atoms with Gasteiger partial charge in [-0.15, -0.1) is 0 Å². The van der Waals surface area contributed by atoms with Crippen LogP contribution in [0.3, 0.4) is 0 Å². The standard InChI is InChI=1S/C23H22Cl2N2O6/c1-3-10-26(14-18-5-4-11-31-18)23(28)15(2)32-22-13-17(7-8-19(22)25)33-21-9-6-16(24)12-20(21)27(29)30/h4-9,11-13,15H,3,10,14H2,1-2H3. The Kier molecular flexibility index (Phi) is 8.19. The van der Waals surface area contributed by atoms with Crippen molar-refractivity contribution in [2.75, 3.05) is 6.54 Å². The number of amides is 1. The molecule has 0 N–H and O–H groups in total. The van der Waals surface area contributed by atoms with E-state index in [1.165, 1.54) is 30.3 Å². The summed E-state index contributed by atoms with van der Waals surface area (Å²) in [6.45, 7) is 4.46. The molecule has 8 nitrogen and oxygen atoms in total. The summed E-state index contributed by atoms with van der Waals surface area (Å²) in [6.07, 6.45) is 1.48. The minimum Gasteiger partial charge on any atom is -0.479 e. The molecule has 1 unspecified atom stereocenters. The van der Waals surface area contributed by atoms with E-state index in [9.17, 15) is 14.9 Å². The van der Waals surface area contributed by atoms with E-state index in [-0.39, 0.29) is 38.9 Å². The van der Waals surface area contributed by atoms with E-state index < -0.39 is 11.0 Å². The number of nitro groups is 1. The minimum atomic E-state index is -0.843. The van der Waals surface area contributed by atoms with Gasteiger partial charge in [0, 0.05) is 23.7 Å². The van der Waals surface area contributed by atoms with Crippen molar-refractivity contribution in [1.29, 1.82) is 0 Å². The Morgan fingerprint density at radius 1 is 1.18 bits per heavy atom. The smallest absolute Gasteiger partial charge is 0.313 e. The van der Waals surface area contributed by atoms with Crippen LogP contribution in [0.2, 0.25) is 10.0 Å². The molecule has 174 valence electrons. The third-order valence-electron chi connectivity index (χ3n) is 4.63. The highest BCUT2D eigenvalue weighted by Gasteiger charge is 2.24. The summed E-state index contributed by atoms with van der Waals surface area (Å²) in [5.74, 6) is 0.905. The highest BCUT2D eigenvalue weighted by Crippen LogP contribution is 2.36. The van der Waals surface area contributed by atoms with Gasteiger partial charge in [0.2, 0.25) is 5.75 Å². The third kappa shape index (κ3) is 6.40. The summed E-state index contributed by atoms with van der Waals surface area (Å²) >= 11 is 12.1. The number of ether oxygens (including phenoxy) is 2. The van der Waals surface area contributed by atoms with Crippen LogP contribution in [0.15, 0.2) is 59.2 Å². The molecule has 33 heavy (non-hydrogen) atoms. The molecule has 0 bridgehead atoms. The number of nitrogens with zero attached hydrogens (tertiary/aromatic N) is 2. The second kappa shape index (κ2) is 11.1. The van der Waals surface area contributed by atoms with Gasteiger partial charge in [-0.2, -0.15) is 0 Å². The van der Waals surface area contributed by atoms with E-state index in [0.29, 0.717) is 18.8 Å². The number of carbonyl (C=O) groups excluding carboxylic acids is 1. The van der Waals surface area contributed by atoms with E-state index >= 15 is 0 Å². The molecule has 0 saturated carbocycles. The first-order chi connectivity index (χ1) is 15.8. The Morgan fingerprint density at radius 2 is 1.97 bits per heavy atom. The van der Waals surface area contributed by atoms with Crippen molar-refractivity contribution in [3.8, 4) is 17.2 Å². The largest absolute Gasteiger partial charge is 0.479 e. The second-order valence-corrected chi connectivity index (χ2v) is 8.01. The number of rotatable bonds is 10. The van der Waals surface area contributed by atoms with Gasteiger partial charge in [0.25, 0.3) is 5.91 Å². The van der Waals surface area contributed by atoms with Crippen LogP contribution in [0.4, 0.5) is 5.69 Å². The predicted molar refractivity (Wildman–Crippen MR) is 124 cm³/mol. The molecule has 1 amide bonds. The number of furan rings is 1. The topological polar surface area (TPSA) is 95.1 Å². The first-order valence-corrected chi connectivity index (χ1v) is 10.9. The summed E-state index contributed by atoms with van der Waals surface area (Å²) < 4.78 is 16.9. The van der Waals surface area contributed by atoms with Gasteiger partial charge in [0.1, 0.15) is 17.3 Å². The Balaban J connectivity index is 1.76. The number of hydrogen-bond donors (Lipinski definition) is 0. The van der Waals surface area contributed by atoms with Crippen molar-refractivity contribution >= 4 is 34.8 Å². The minimum absolute atomic E-state index is 0.00867. The van der Waals surface area contributed by atoms with Crippen molar-refractivity contribution in [3.05, 3.63) is 80.7 Å². The molecule has 3 aromatic rings. The zero-order valence-electron chi connectivity index (χ0n) is 18.0. The fourth-order valence-electron chi connectivity index (χ4n) is 3.11. The highest BCUT2D eigenvalue weighted by molar-refractivity contribution is 6.32.